The Morgan fingerprint density at radius 1 is 0.684 bits per heavy atom. The Kier molecular flexibility index (Phi) is 9.16. The zero-order valence-electron chi connectivity index (χ0n) is 21.4. The highest BCUT2D eigenvalue weighted by Crippen LogP contribution is 2.42. The van der Waals surface area contributed by atoms with E-state index in [1.165, 1.54) is 11.1 Å². The first kappa shape index (κ1) is 28.2. The molecule has 0 saturated heterocycles. The minimum atomic E-state index is -4.84. The fraction of sp³-hybridized carbons (Fsp3) is 0.484. The molecule has 0 atom stereocenters. The third kappa shape index (κ3) is 8.08. The lowest BCUT2D eigenvalue weighted by atomic mass is 9.77. The van der Waals surface area contributed by atoms with Crippen LogP contribution in [0.2, 0.25) is 0 Å². The van der Waals surface area contributed by atoms with Gasteiger partial charge in [-0.25, -0.2) is 0 Å². The minimum absolute atomic E-state index is 0.185. The number of rotatable bonds is 9. The lowest BCUT2D eigenvalue weighted by Crippen LogP contribution is -2.37. The van der Waals surface area contributed by atoms with Crippen LogP contribution in [0.25, 0.3) is 0 Å². The maximum absolute atomic E-state index is 14.8. The van der Waals surface area contributed by atoms with E-state index in [1.807, 2.05) is 6.08 Å². The number of alkyl halides is 5. The van der Waals surface area contributed by atoms with Crippen LogP contribution in [0.3, 0.4) is 0 Å². The van der Waals surface area contributed by atoms with Crippen molar-refractivity contribution in [2.75, 3.05) is 0 Å². The Morgan fingerprint density at radius 2 is 1.18 bits per heavy atom. The fourth-order valence-electron chi connectivity index (χ4n) is 5.65. The van der Waals surface area contributed by atoms with E-state index < -0.39 is 24.1 Å². The Labute approximate surface area is 221 Å². The lowest BCUT2D eigenvalue weighted by molar-refractivity contribution is -0.274. The first-order chi connectivity index (χ1) is 18.1. The van der Waals surface area contributed by atoms with Crippen molar-refractivity contribution in [1.82, 2.24) is 0 Å². The second kappa shape index (κ2) is 12.4. The number of ether oxygens (including phenoxy) is 2. The molecule has 0 N–H and O–H groups in total. The van der Waals surface area contributed by atoms with Gasteiger partial charge in [-0.15, -0.1) is 19.8 Å². The number of hydrogen-bond donors (Lipinski definition) is 0. The van der Waals surface area contributed by atoms with Crippen LogP contribution < -0.4 is 9.47 Å². The summed E-state index contributed by atoms with van der Waals surface area (Å²) in [5.74, 6) is -0.161. The van der Waals surface area contributed by atoms with Crippen molar-refractivity contribution < 1.29 is 31.4 Å². The van der Waals surface area contributed by atoms with Gasteiger partial charge in [0.05, 0.1) is 5.92 Å². The standard InChI is InChI=1S/C31H35F5O2/c1-2-3-22-6-12-25(13-7-22)26-14-8-23(9-15-26)4-5-24-10-16-27(17-11-24)30(32,33)37-28-18-20-29(21-19-28)38-31(34,35)36/h2,4-7,12-13,18-21,23-24,26-27H,1,3,8-11,14-17H2/b5-4+. The van der Waals surface area contributed by atoms with Crippen LogP contribution in [-0.2, 0) is 6.42 Å². The van der Waals surface area contributed by atoms with E-state index in [2.05, 4.69) is 47.7 Å². The van der Waals surface area contributed by atoms with Crippen molar-refractivity contribution in [3.63, 3.8) is 0 Å². The van der Waals surface area contributed by atoms with Gasteiger partial charge in [0.2, 0.25) is 0 Å². The Hall–Kier alpha value is -2.83. The molecule has 0 spiro atoms. The molecule has 0 unspecified atom stereocenters. The van der Waals surface area contributed by atoms with Crippen LogP contribution in [0.4, 0.5) is 22.0 Å². The van der Waals surface area contributed by atoms with E-state index in [1.54, 1.807) is 0 Å². The summed E-state index contributed by atoms with van der Waals surface area (Å²) in [5.41, 5.74) is 2.69. The summed E-state index contributed by atoms with van der Waals surface area (Å²) in [4.78, 5) is 0. The molecule has 206 valence electrons. The maximum Gasteiger partial charge on any atom is 0.573 e. The van der Waals surface area contributed by atoms with Gasteiger partial charge in [-0.05, 0) is 111 Å². The molecule has 0 amide bonds. The molecule has 2 fully saturated rings. The average molecular weight is 535 g/mol. The van der Waals surface area contributed by atoms with Gasteiger partial charge in [0, 0.05) is 0 Å². The summed E-state index contributed by atoms with van der Waals surface area (Å²) >= 11 is 0. The predicted molar refractivity (Wildman–Crippen MR) is 138 cm³/mol. The van der Waals surface area contributed by atoms with E-state index in [0.29, 0.717) is 37.5 Å². The van der Waals surface area contributed by atoms with Gasteiger partial charge in [0.15, 0.2) is 0 Å². The zero-order chi connectivity index (χ0) is 27.2. The molecule has 0 aliphatic heterocycles. The molecule has 0 heterocycles. The van der Waals surface area contributed by atoms with Crippen molar-refractivity contribution in [2.45, 2.75) is 76.2 Å². The Bertz CT molecular complexity index is 1040. The number of allylic oxidation sites excluding steroid dienone is 3. The van der Waals surface area contributed by atoms with Gasteiger partial charge in [-0.3, -0.25) is 0 Å². The molecule has 0 bridgehead atoms. The lowest BCUT2D eigenvalue weighted by Gasteiger charge is -2.32. The third-order valence-corrected chi connectivity index (χ3v) is 7.82. The van der Waals surface area contributed by atoms with Crippen LogP contribution in [0.15, 0.2) is 73.3 Å². The summed E-state index contributed by atoms with van der Waals surface area (Å²) in [6.07, 6.45) is 5.74. The molecule has 2 nitrogen and oxygen atoms in total. The van der Waals surface area contributed by atoms with Gasteiger partial charge >= 0.3 is 12.5 Å². The van der Waals surface area contributed by atoms with Gasteiger partial charge in [0.25, 0.3) is 0 Å². The van der Waals surface area contributed by atoms with Gasteiger partial charge in [0.1, 0.15) is 11.5 Å². The molecule has 2 aliphatic carbocycles. The summed E-state index contributed by atoms with van der Waals surface area (Å²) in [6, 6.07) is 12.9. The van der Waals surface area contributed by atoms with Gasteiger partial charge in [-0.1, -0.05) is 42.5 Å². The fourth-order valence-corrected chi connectivity index (χ4v) is 5.65. The number of hydrogen-bond acceptors (Lipinski definition) is 2. The molecule has 4 rings (SSSR count). The molecule has 2 saturated carbocycles. The van der Waals surface area contributed by atoms with Crippen molar-refractivity contribution >= 4 is 0 Å². The second-order valence-electron chi connectivity index (χ2n) is 10.5. The minimum Gasteiger partial charge on any atom is -0.432 e. The molecular weight excluding hydrogens is 499 g/mol. The first-order valence-electron chi connectivity index (χ1n) is 13.4. The van der Waals surface area contributed by atoms with Crippen LogP contribution >= 0.6 is 0 Å². The van der Waals surface area contributed by atoms with E-state index in [-0.39, 0.29) is 11.7 Å². The second-order valence-corrected chi connectivity index (χ2v) is 10.5. The van der Waals surface area contributed by atoms with Crippen LogP contribution in [0.5, 0.6) is 11.5 Å². The summed E-state index contributed by atoms with van der Waals surface area (Å²) in [7, 11) is 0. The van der Waals surface area contributed by atoms with Crippen LogP contribution in [-0.4, -0.2) is 12.5 Å². The molecule has 2 aromatic carbocycles. The van der Waals surface area contributed by atoms with E-state index >= 15 is 0 Å². The molecule has 7 heteroatoms. The highest BCUT2D eigenvalue weighted by Gasteiger charge is 2.43. The molecule has 38 heavy (non-hydrogen) atoms. The Balaban J connectivity index is 1.20. The summed E-state index contributed by atoms with van der Waals surface area (Å²) < 4.78 is 75.0. The van der Waals surface area contributed by atoms with Crippen LogP contribution in [0.1, 0.15) is 68.4 Å². The smallest absolute Gasteiger partial charge is 0.432 e. The quantitative estimate of drug-likeness (QED) is 0.236. The highest BCUT2D eigenvalue weighted by atomic mass is 19.4. The normalized spacial score (nSPS) is 24.8. The maximum atomic E-state index is 14.8. The molecule has 0 radical (unpaired) electrons. The summed E-state index contributed by atoms with van der Waals surface area (Å²) in [6.45, 7) is 3.79. The van der Waals surface area contributed by atoms with Crippen molar-refractivity contribution in [3.05, 3.63) is 84.5 Å². The van der Waals surface area contributed by atoms with E-state index in [0.717, 1.165) is 56.4 Å². The Morgan fingerprint density at radius 3 is 1.68 bits per heavy atom. The SMILES string of the molecule is C=CCc1ccc(C2CCC(/C=C/C3CCC(C(F)(F)Oc4ccc(OC(F)(F)F)cc4)CC3)CC2)cc1. The average Bonchev–Trinajstić information content (AvgIpc) is 2.89. The van der Waals surface area contributed by atoms with Gasteiger partial charge in [-0.2, -0.15) is 8.78 Å². The molecule has 0 aromatic heterocycles. The number of halogens is 5. The number of benzene rings is 2. The largest absolute Gasteiger partial charge is 0.573 e. The van der Waals surface area contributed by atoms with E-state index in [4.69, 9.17) is 4.74 Å². The summed E-state index contributed by atoms with van der Waals surface area (Å²) in [5, 5.41) is 0. The van der Waals surface area contributed by atoms with Crippen LogP contribution in [0, 0.1) is 17.8 Å². The predicted octanol–water partition coefficient (Wildman–Crippen LogP) is 9.62. The first-order valence-corrected chi connectivity index (χ1v) is 13.4. The third-order valence-electron chi connectivity index (χ3n) is 7.82. The van der Waals surface area contributed by atoms with Crippen molar-refractivity contribution in [2.24, 2.45) is 17.8 Å². The van der Waals surface area contributed by atoms with Crippen molar-refractivity contribution in [1.29, 1.82) is 0 Å². The monoisotopic (exact) mass is 534 g/mol. The van der Waals surface area contributed by atoms with E-state index in [9.17, 15) is 22.0 Å². The van der Waals surface area contributed by atoms with Gasteiger partial charge < -0.3 is 9.47 Å². The topological polar surface area (TPSA) is 18.5 Å². The molecular formula is C31H35F5O2. The van der Waals surface area contributed by atoms with Crippen molar-refractivity contribution in [3.8, 4) is 11.5 Å². The molecule has 2 aliphatic rings. The zero-order valence-corrected chi connectivity index (χ0v) is 21.4. The highest BCUT2D eigenvalue weighted by molar-refractivity contribution is 5.31. The molecule has 2 aromatic rings.